The summed E-state index contributed by atoms with van der Waals surface area (Å²) < 4.78 is 21.3. The van der Waals surface area contributed by atoms with E-state index >= 15 is 0 Å². The Bertz CT molecular complexity index is 1240. The Labute approximate surface area is 183 Å². The monoisotopic (exact) mass is 433 g/mol. The molecule has 8 nitrogen and oxygen atoms in total. The molecule has 0 aliphatic carbocycles. The lowest BCUT2D eigenvalue weighted by atomic mass is 10.2. The Kier molecular flexibility index (Phi) is 6.18. The molecule has 9 heteroatoms. The zero-order valence-electron chi connectivity index (χ0n) is 17.0. The van der Waals surface area contributed by atoms with E-state index < -0.39 is 5.82 Å². The van der Waals surface area contributed by atoms with Gasteiger partial charge in [0.05, 0.1) is 12.3 Å². The van der Waals surface area contributed by atoms with Crippen LogP contribution in [0.1, 0.15) is 5.69 Å². The SMILES string of the molecule is N=C/C=C(\Nc1ccccc1)c1nn(-c2ccc(N3CCOCC3=O)cc2F)ccc1=O. The van der Waals surface area contributed by atoms with Gasteiger partial charge in [-0.3, -0.25) is 9.59 Å². The number of carbonyl (C=O) groups excluding carboxylic acids is 1. The van der Waals surface area contributed by atoms with Crippen LogP contribution in [0.25, 0.3) is 11.4 Å². The van der Waals surface area contributed by atoms with Crippen molar-refractivity contribution in [3.8, 4) is 5.69 Å². The molecule has 1 fully saturated rings. The number of carbonyl (C=O) groups is 1. The number of hydrogen-bond acceptors (Lipinski definition) is 6. The van der Waals surface area contributed by atoms with Gasteiger partial charge in [0, 0.05) is 36.4 Å². The molecule has 0 atom stereocenters. The van der Waals surface area contributed by atoms with E-state index in [1.165, 1.54) is 40.1 Å². The first-order valence-corrected chi connectivity index (χ1v) is 9.88. The molecular formula is C23H20FN5O3. The molecular weight excluding hydrogens is 413 g/mol. The minimum atomic E-state index is -0.600. The van der Waals surface area contributed by atoms with Crippen LogP contribution in [0, 0.1) is 11.2 Å². The first-order valence-electron chi connectivity index (χ1n) is 9.88. The second kappa shape index (κ2) is 9.36. The van der Waals surface area contributed by atoms with Crippen molar-refractivity contribution < 1.29 is 13.9 Å². The Balaban J connectivity index is 1.69. The van der Waals surface area contributed by atoms with E-state index in [4.69, 9.17) is 10.1 Å². The highest BCUT2D eigenvalue weighted by Crippen LogP contribution is 2.23. The summed E-state index contributed by atoms with van der Waals surface area (Å²) in [5.41, 5.74) is 1.21. The molecule has 4 rings (SSSR count). The minimum Gasteiger partial charge on any atom is -0.370 e. The highest BCUT2D eigenvalue weighted by atomic mass is 19.1. The van der Waals surface area contributed by atoms with Gasteiger partial charge in [-0.05, 0) is 36.4 Å². The summed E-state index contributed by atoms with van der Waals surface area (Å²) in [5, 5.41) is 14.8. The van der Waals surface area contributed by atoms with Crippen LogP contribution in [0.5, 0.6) is 0 Å². The number of morpholine rings is 1. The first-order chi connectivity index (χ1) is 15.6. The van der Waals surface area contributed by atoms with Gasteiger partial charge in [-0.1, -0.05) is 18.2 Å². The van der Waals surface area contributed by atoms with Crippen LogP contribution in [0.4, 0.5) is 15.8 Å². The summed E-state index contributed by atoms with van der Waals surface area (Å²) in [6.07, 6.45) is 3.82. The average molecular weight is 433 g/mol. The quantitative estimate of drug-likeness (QED) is 0.583. The average Bonchev–Trinajstić information content (AvgIpc) is 2.80. The number of anilines is 2. The number of halogens is 1. The summed E-state index contributed by atoms with van der Waals surface area (Å²) in [7, 11) is 0. The second-order valence-corrected chi connectivity index (χ2v) is 6.94. The maximum absolute atomic E-state index is 15.0. The maximum atomic E-state index is 15.0. The Hall–Kier alpha value is -4.11. The fraction of sp³-hybridized carbons (Fsp3) is 0.130. The third-order valence-corrected chi connectivity index (χ3v) is 4.84. The Morgan fingerprint density at radius 3 is 2.69 bits per heavy atom. The van der Waals surface area contributed by atoms with Gasteiger partial charge >= 0.3 is 0 Å². The summed E-state index contributed by atoms with van der Waals surface area (Å²) in [6, 6.07) is 14.8. The normalized spacial score (nSPS) is 14.3. The van der Waals surface area contributed by atoms with Crippen molar-refractivity contribution in [1.82, 2.24) is 9.78 Å². The van der Waals surface area contributed by atoms with Gasteiger partial charge in [0.15, 0.2) is 11.5 Å². The summed E-state index contributed by atoms with van der Waals surface area (Å²) in [6.45, 7) is 0.696. The smallest absolute Gasteiger partial charge is 0.253 e. The van der Waals surface area contributed by atoms with Gasteiger partial charge in [-0.25, -0.2) is 9.07 Å². The fourth-order valence-corrected chi connectivity index (χ4v) is 3.31. The molecule has 1 aliphatic heterocycles. The van der Waals surface area contributed by atoms with E-state index in [2.05, 4.69) is 10.4 Å². The standard InChI is InChI=1S/C23H20FN5O3/c24-18-14-17(28-12-13-32-15-22(28)31)6-7-20(18)29-11-9-21(30)23(27-29)19(8-10-25)26-16-4-2-1-3-5-16/h1-11,14,25-26H,12-13,15H2/b19-8-,25-10?. The lowest BCUT2D eigenvalue weighted by Crippen LogP contribution is -2.41. The van der Waals surface area contributed by atoms with E-state index in [0.717, 1.165) is 6.21 Å². The van der Waals surface area contributed by atoms with Crippen LogP contribution < -0.4 is 15.6 Å². The molecule has 32 heavy (non-hydrogen) atoms. The number of para-hydroxylation sites is 1. The minimum absolute atomic E-state index is 0.0340. The summed E-state index contributed by atoms with van der Waals surface area (Å²) >= 11 is 0. The van der Waals surface area contributed by atoms with E-state index in [1.54, 1.807) is 6.07 Å². The Morgan fingerprint density at radius 1 is 1.16 bits per heavy atom. The van der Waals surface area contributed by atoms with Crippen molar-refractivity contribution >= 4 is 29.2 Å². The van der Waals surface area contributed by atoms with E-state index in [9.17, 15) is 14.0 Å². The molecule has 0 unspecified atom stereocenters. The van der Waals surface area contributed by atoms with Crippen molar-refractivity contribution in [3.05, 3.63) is 88.6 Å². The number of ether oxygens (including phenoxy) is 1. The van der Waals surface area contributed by atoms with Crippen LogP contribution in [0.3, 0.4) is 0 Å². The van der Waals surface area contributed by atoms with Gasteiger partial charge in [-0.15, -0.1) is 0 Å². The predicted octanol–water partition coefficient (Wildman–Crippen LogP) is 2.84. The number of rotatable bonds is 6. The van der Waals surface area contributed by atoms with Crippen LogP contribution in [-0.4, -0.2) is 41.7 Å². The van der Waals surface area contributed by atoms with Gasteiger partial charge in [0.1, 0.15) is 12.3 Å². The number of amides is 1. The van der Waals surface area contributed by atoms with Gasteiger partial charge in [-0.2, -0.15) is 5.10 Å². The highest BCUT2D eigenvalue weighted by molar-refractivity contribution is 5.95. The molecule has 0 bridgehead atoms. The third-order valence-electron chi connectivity index (χ3n) is 4.84. The van der Waals surface area contributed by atoms with Crippen molar-refractivity contribution in [2.75, 3.05) is 30.0 Å². The van der Waals surface area contributed by atoms with Gasteiger partial charge < -0.3 is 20.4 Å². The number of allylic oxidation sites excluding steroid dienone is 1. The van der Waals surface area contributed by atoms with E-state index in [-0.39, 0.29) is 29.3 Å². The molecule has 1 aromatic heterocycles. The first kappa shape index (κ1) is 21.1. The molecule has 3 aromatic rings. The molecule has 0 radical (unpaired) electrons. The predicted molar refractivity (Wildman–Crippen MR) is 120 cm³/mol. The molecule has 0 saturated carbocycles. The molecule has 0 spiro atoms. The number of hydrogen-bond donors (Lipinski definition) is 2. The molecule has 162 valence electrons. The van der Waals surface area contributed by atoms with Crippen molar-refractivity contribution in [2.24, 2.45) is 0 Å². The number of aromatic nitrogens is 2. The lowest BCUT2D eigenvalue weighted by molar-refractivity contribution is -0.125. The largest absolute Gasteiger partial charge is 0.370 e. The molecule has 1 aliphatic rings. The molecule has 2 aromatic carbocycles. The highest BCUT2D eigenvalue weighted by Gasteiger charge is 2.21. The third kappa shape index (κ3) is 4.47. The van der Waals surface area contributed by atoms with Crippen LogP contribution >= 0.6 is 0 Å². The van der Waals surface area contributed by atoms with Crippen LogP contribution in [-0.2, 0) is 9.53 Å². The maximum Gasteiger partial charge on any atom is 0.253 e. The van der Waals surface area contributed by atoms with Gasteiger partial charge in [0.2, 0.25) is 5.43 Å². The zero-order chi connectivity index (χ0) is 22.5. The summed E-state index contributed by atoms with van der Waals surface area (Å²) in [4.78, 5) is 26.0. The molecule has 2 N–H and O–H groups in total. The molecule has 1 amide bonds. The zero-order valence-corrected chi connectivity index (χ0v) is 17.0. The van der Waals surface area contributed by atoms with Crippen LogP contribution in [0.2, 0.25) is 0 Å². The Morgan fingerprint density at radius 2 is 1.97 bits per heavy atom. The van der Waals surface area contributed by atoms with Crippen LogP contribution in [0.15, 0.2) is 71.7 Å². The van der Waals surface area contributed by atoms with Crippen molar-refractivity contribution in [2.45, 2.75) is 0 Å². The second-order valence-electron chi connectivity index (χ2n) is 6.94. The van der Waals surface area contributed by atoms with E-state index in [0.29, 0.717) is 30.2 Å². The molecule has 2 heterocycles. The lowest BCUT2D eigenvalue weighted by Gasteiger charge is -2.27. The van der Waals surface area contributed by atoms with Gasteiger partial charge in [0.25, 0.3) is 5.91 Å². The number of nitrogens with one attached hydrogen (secondary N) is 2. The van der Waals surface area contributed by atoms with E-state index in [1.807, 2.05) is 30.3 Å². The number of benzene rings is 2. The fourth-order valence-electron chi connectivity index (χ4n) is 3.31. The number of nitrogens with zero attached hydrogens (tertiary/aromatic N) is 3. The molecule has 1 saturated heterocycles. The van der Waals surface area contributed by atoms with Crippen molar-refractivity contribution in [1.29, 1.82) is 5.41 Å². The van der Waals surface area contributed by atoms with Crippen molar-refractivity contribution in [3.63, 3.8) is 0 Å². The summed E-state index contributed by atoms with van der Waals surface area (Å²) in [5.74, 6) is -0.835. The topological polar surface area (TPSA) is 100 Å².